The Hall–Kier alpha value is -1.78. The number of rotatable bonds is 4. The SMILES string of the molecule is CNC1CCCc2nc(C(OC)c3ccccc3)ncc21. The number of nitrogens with one attached hydrogen (secondary N) is 1. The first-order chi connectivity index (χ1) is 10.3. The number of fused-ring (bicyclic) bond motifs is 1. The molecular formula is C17H21N3O. The summed E-state index contributed by atoms with van der Waals surface area (Å²) in [6, 6.07) is 10.5. The zero-order valence-corrected chi connectivity index (χ0v) is 12.5. The van der Waals surface area contributed by atoms with E-state index in [2.05, 4.69) is 10.3 Å². The van der Waals surface area contributed by atoms with Crippen LogP contribution in [0.15, 0.2) is 36.5 Å². The largest absolute Gasteiger partial charge is 0.369 e. The average Bonchev–Trinajstić information content (AvgIpc) is 2.56. The molecule has 1 N–H and O–H groups in total. The number of nitrogens with zero attached hydrogens (tertiary/aromatic N) is 2. The van der Waals surface area contributed by atoms with Crippen LogP contribution in [0.1, 0.15) is 47.6 Å². The van der Waals surface area contributed by atoms with Gasteiger partial charge in [0.15, 0.2) is 5.82 Å². The van der Waals surface area contributed by atoms with Crippen molar-refractivity contribution in [3.8, 4) is 0 Å². The number of benzene rings is 1. The number of aromatic nitrogens is 2. The lowest BCUT2D eigenvalue weighted by Gasteiger charge is -2.25. The summed E-state index contributed by atoms with van der Waals surface area (Å²) in [5.41, 5.74) is 3.47. The highest BCUT2D eigenvalue weighted by Crippen LogP contribution is 2.30. The number of hydrogen-bond donors (Lipinski definition) is 1. The van der Waals surface area contributed by atoms with E-state index in [0.29, 0.717) is 6.04 Å². The van der Waals surface area contributed by atoms with Crippen molar-refractivity contribution in [1.29, 1.82) is 0 Å². The Kier molecular flexibility index (Phi) is 4.27. The molecule has 0 saturated carbocycles. The molecule has 1 aliphatic rings. The molecule has 0 aliphatic heterocycles. The Bertz CT molecular complexity index is 600. The van der Waals surface area contributed by atoms with Crippen LogP contribution in [-0.4, -0.2) is 24.1 Å². The molecule has 1 aromatic carbocycles. The van der Waals surface area contributed by atoms with E-state index >= 15 is 0 Å². The van der Waals surface area contributed by atoms with Crippen LogP contribution in [0.4, 0.5) is 0 Å². The fourth-order valence-corrected chi connectivity index (χ4v) is 3.01. The van der Waals surface area contributed by atoms with E-state index in [1.165, 1.54) is 5.56 Å². The van der Waals surface area contributed by atoms with Gasteiger partial charge in [-0.15, -0.1) is 0 Å². The van der Waals surface area contributed by atoms with Crippen LogP contribution in [-0.2, 0) is 11.2 Å². The normalized spacial score (nSPS) is 19.0. The Morgan fingerprint density at radius 1 is 1.29 bits per heavy atom. The first-order valence-electron chi connectivity index (χ1n) is 7.44. The van der Waals surface area contributed by atoms with E-state index in [1.54, 1.807) is 7.11 Å². The van der Waals surface area contributed by atoms with E-state index in [9.17, 15) is 0 Å². The summed E-state index contributed by atoms with van der Waals surface area (Å²) >= 11 is 0. The molecule has 1 heterocycles. The molecule has 110 valence electrons. The Labute approximate surface area is 125 Å². The molecule has 2 aromatic rings. The molecule has 0 radical (unpaired) electrons. The Morgan fingerprint density at radius 3 is 2.81 bits per heavy atom. The van der Waals surface area contributed by atoms with Gasteiger partial charge in [-0.05, 0) is 31.9 Å². The predicted molar refractivity (Wildman–Crippen MR) is 82.1 cm³/mol. The summed E-state index contributed by atoms with van der Waals surface area (Å²) in [6.07, 6.45) is 5.10. The van der Waals surface area contributed by atoms with E-state index in [-0.39, 0.29) is 6.10 Å². The van der Waals surface area contributed by atoms with Crippen LogP contribution in [0.2, 0.25) is 0 Å². The number of ether oxygens (including phenoxy) is 1. The second-order valence-electron chi connectivity index (χ2n) is 5.39. The van der Waals surface area contributed by atoms with Gasteiger partial charge in [0.2, 0.25) is 0 Å². The van der Waals surface area contributed by atoms with Crippen molar-refractivity contribution in [2.24, 2.45) is 0 Å². The van der Waals surface area contributed by atoms with Gasteiger partial charge >= 0.3 is 0 Å². The van der Waals surface area contributed by atoms with Gasteiger partial charge in [-0.3, -0.25) is 0 Å². The Morgan fingerprint density at radius 2 is 2.10 bits per heavy atom. The smallest absolute Gasteiger partial charge is 0.162 e. The van der Waals surface area contributed by atoms with Crippen LogP contribution < -0.4 is 5.32 Å². The van der Waals surface area contributed by atoms with E-state index in [0.717, 1.165) is 36.3 Å². The molecule has 0 saturated heterocycles. The first kappa shape index (κ1) is 14.2. The van der Waals surface area contributed by atoms with Crippen molar-refractivity contribution in [3.63, 3.8) is 0 Å². The third-order valence-electron chi connectivity index (χ3n) is 4.12. The molecule has 2 atom stereocenters. The molecule has 0 spiro atoms. The fraction of sp³-hybridized carbons (Fsp3) is 0.412. The standard InChI is InChI=1S/C17H21N3O/c1-18-14-9-6-10-15-13(14)11-19-17(20-15)16(21-2)12-7-4-3-5-8-12/h3-5,7-8,11,14,16,18H,6,9-10H2,1-2H3. The second kappa shape index (κ2) is 6.33. The zero-order valence-electron chi connectivity index (χ0n) is 12.5. The van der Waals surface area contributed by atoms with Gasteiger partial charge in [0.05, 0.1) is 0 Å². The van der Waals surface area contributed by atoms with Crippen molar-refractivity contribution >= 4 is 0 Å². The number of aryl methyl sites for hydroxylation is 1. The third kappa shape index (κ3) is 2.82. The summed E-state index contributed by atoms with van der Waals surface area (Å²) in [5.74, 6) is 0.749. The van der Waals surface area contributed by atoms with Crippen LogP contribution in [0.3, 0.4) is 0 Å². The van der Waals surface area contributed by atoms with Crippen molar-refractivity contribution < 1.29 is 4.74 Å². The van der Waals surface area contributed by atoms with Crippen molar-refractivity contribution in [1.82, 2.24) is 15.3 Å². The molecule has 0 bridgehead atoms. The van der Waals surface area contributed by atoms with Crippen LogP contribution in [0, 0.1) is 0 Å². The minimum Gasteiger partial charge on any atom is -0.369 e. The highest BCUT2D eigenvalue weighted by molar-refractivity contribution is 5.28. The maximum atomic E-state index is 5.63. The molecule has 0 amide bonds. The molecule has 1 aromatic heterocycles. The lowest BCUT2D eigenvalue weighted by molar-refractivity contribution is 0.128. The maximum Gasteiger partial charge on any atom is 0.162 e. The van der Waals surface area contributed by atoms with Gasteiger partial charge in [-0.1, -0.05) is 30.3 Å². The van der Waals surface area contributed by atoms with Crippen molar-refractivity contribution in [2.45, 2.75) is 31.4 Å². The third-order valence-corrected chi connectivity index (χ3v) is 4.12. The summed E-state index contributed by atoms with van der Waals surface area (Å²) < 4.78 is 5.63. The highest BCUT2D eigenvalue weighted by Gasteiger charge is 2.23. The maximum absolute atomic E-state index is 5.63. The monoisotopic (exact) mass is 283 g/mol. The van der Waals surface area contributed by atoms with Crippen LogP contribution in [0.25, 0.3) is 0 Å². The molecule has 4 heteroatoms. The molecular weight excluding hydrogens is 262 g/mol. The summed E-state index contributed by atoms with van der Waals surface area (Å²) in [5, 5.41) is 3.34. The van der Waals surface area contributed by atoms with E-state index < -0.39 is 0 Å². The van der Waals surface area contributed by atoms with Crippen molar-refractivity contribution in [2.75, 3.05) is 14.2 Å². The summed E-state index contributed by atoms with van der Waals surface area (Å²) in [7, 11) is 3.70. The van der Waals surface area contributed by atoms with Crippen molar-refractivity contribution in [3.05, 3.63) is 59.2 Å². The molecule has 2 unspecified atom stereocenters. The molecule has 4 nitrogen and oxygen atoms in total. The second-order valence-corrected chi connectivity index (χ2v) is 5.39. The quantitative estimate of drug-likeness (QED) is 0.937. The molecule has 0 fully saturated rings. The number of hydrogen-bond acceptors (Lipinski definition) is 4. The van der Waals surface area contributed by atoms with Gasteiger partial charge in [0.25, 0.3) is 0 Å². The minimum absolute atomic E-state index is 0.202. The Balaban J connectivity index is 1.96. The minimum atomic E-state index is -0.202. The molecule has 3 rings (SSSR count). The molecule has 1 aliphatic carbocycles. The van der Waals surface area contributed by atoms with Gasteiger partial charge in [0, 0.05) is 30.6 Å². The fourth-order valence-electron chi connectivity index (χ4n) is 3.01. The van der Waals surface area contributed by atoms with E-state index in [4.69, 9.17) is 9.72 Å². The highest BCUT2D eigenvalue weighted by atomic mass is 16.5. The van der Waals surface area contributed by atoms with Gasteiger partial charge in [-0.2, -0.15) is 0 Å². The number of methoxy groups -OCH3 is 1. The van der Waals surface area contributed by atoms with Gasteiger partial charge in [-0.25, -0.2) is 9.97 Å². The lowest BCUT2D eigenvalue weighted by atomic mass is 9.92. The summed E-state index contributed by atoms with van der Waals surface area (Å²) in [6.45, 7) is 0. The van der Waals surface area contributed by atoms with Gasteiger partial charge in [0.1, 0.15) is 6.10 Å². The topological polar surface area (TPSA) is 47.0 Å². The van der Waals surface area contributed by atoms with Crippen LogP contribution in [0.5, 0.6) is 0 Å². The van der Waals surface area contributed by atoms with E-state index in [1.807, 2.05) is 43.6 Å². The summed E-state index contributed by atoms with van der Waals surface area (Å²) in [4.78, 5) is 9.34. The molecule has 21 heavy (non-hydrogen) atoms. The lowest BCUT2D eigenvalue weighted by Crippen LogP contribution is -2.24. The first-order valence-corrected chi connectivity index (χ1v) is 7.44. The zero-order chi connectivity index (χ0) is 14.7. The average molecular weight is 283 g/mol. The van der Waals surface area contributed by atoms with Crippen LogP contribution >= 0.6 is 0 Å². The predicted octanol–water partition coefficient (Wildman–Crippen LogP) is 2.81. The van der Waals surface area contributed by atoms with Gasteiger partial charge < -0.3 is 10.1 Å².